The summed E-state index contributed by atoms with van der Waals surface area (Å²) in [5.41, 5.74) is 1.04. The standard InChI is InChI=1S/C16H13FN2O3S/c1-22-10-3-4-11(12(17)7-10)16(21)18-9-2-5-14-13(6-9)19-15(20)8-23-14/h2-7H,8H2,1H3,(H,18,21)(H,19,20). The molecule has 7 heteroatoms. The summed E-state index contributed by atoms with van der Waals surface area (Å²) in [5.74, 6) is -0.612. The number of fused-ring (bicyclic) bond motifs is 1. The maximum absolute atomic E-state index is 13.9. The maximum atomic E-state index is 13.9. The first-order valence-corrected chi connectivity index (χ1v) is 7.77. The Hall–Kier alpha value is -2.54. The summed E-state index contributed by atoms with van der Waals surface area (Å²) in [4.78, 5) is 24.5. The molecule has 0 saturated heterocycles. The highest BCUT2D eigenvalue weighted by Gasteiger charge is 2.17. The number of anilines is 2. The number of amides is 2. The van der Waals surface area contributed by atoms with Gasteiger partial charge in [0.05, 0.1) is 24.1 Å². The molecule has 0 saturated carbocycles. The first-order chi connectivity index (χ1) is 11.1. The number of methoxy groups -OCH3 is 1. The number of rotatable bonds is 3. The van der Waals surface area contributed by atoms with Gasteiger partial charge in [0.1, 0.15) is 11.6 Å². The smallest absolute Gasteiger partial charge is 0.258 e. The van der Waals surface area contributed by atoms with Gasteiger partial charge in [-0.1, -0.05) is 0 Å². The number of halogens is 1. The molecule has 2 amide bonds. The average molecular weight is 332 g/mol. The quantitative estimate of drug-likeness (QED) is 0.906. The molecule has 0 unspecified atom stereocenters. The van der Waals surface area contributed by atoms with Gasteiger partial charge >= 0.3 is 0 Å². The average Bonchev–Trinajstić information content (AvgIpc) is 2.54. The van der Waals surface area contributed by atoms with Gasteiger partial charge in [0.2, 0.25) is 5.91 Å². The van der Waals surface area contributed by atoms with Crippen molar-refractivity contribution in [1.82, 2.24) is 0 Å². The van der Waals surface area contributed by atoms with Crippen molar-refractivity contribution in [2.24, 2.45) is 0 Å². The van der Waals surface area contributed by atoms with Crippen molar-refractivity contribution in [3.63, 3.8) is 0 Å². The van der Waals surface area contributed by atoms with E-state index in [9.17, 15) is 14.0 Å². The highest BCUT2D eigenvalue weighted by molar-refractivity contribution is 8.00. The Kier molecular flexibility index (Phi) is 4.20. The zero-order chi connectivity index (χ0) is 16.4. The highest BCUT2D eigenvalue weighted by Crippen LogP contribution is 2.33. The molecule has 0 aliphatic carbocycles. The molecule has 0 radical (unpaired) electrons. The monoisotopic (exact) mass is 332 g/mol. The number of hydrogen-bond acceptors (Lipinski definition) is 4. The number of carbonyl (C=O) groups is 2. The number of nitrogens with one attached hydrogen (secondary N) is 2. The van der Waals surface area contributed by atoms with Crippen LogP contribution in [0.4, 0.5) is 15.8 Å². The van der Waals surface area contributed by atoms with Crippen LogP contribution >= 0.6 is 11.8 Å². The fourth-order valence-corrected chi connectivity index (χ4v) is 2.95. The van der Waals surface area contributed by atoms with Gasteiger partial charge in [-0.3, -0.25) is 9.59 Å². The highest BCUT2D eigenvalue weighted by atomic mass is 32.2. The largest absolute Gasteiger partial charge is 0.497 e. The minimum Gasteiger partial charge on any atom is -0.497 e. The summed E-state index contributed by atoms with van der Waals surface area (Å²) in [6.45, 7) is 0. The molecule has 2 N–H and O–H groups in total. The van der Waals surface area contributed by atoms with E-state index in [1.165, 1.54) is 31.0 Å². The zero-order valence-electron chi connectivity index (χ0n) is 12.2. The lowest BCUT2D eigenvalue weighted by Gasteiger charge is -2.17. The van der Waals surface area contributed by atoms with Crippen LogP contribution in [0.2, 0.25) is 0 Å². The Labute approximate surface area is 136 Å². The van der Waals surface area contributed by atoms with Crippen LogP contribution in [0.3, 0.4) is 0 Å². The van der Waals surface area contributed by atoms with Gasteiger partial charge in [0, 0.05) is 16.6 Å². The fourth-order valence-electron chi connectivity index (χ4n) is 2.17. The third-order valence-electron chi connectivity index (χ3n) is 3.29. The molecule has 0 aromatic heterocycles. The minimum absolute atomic E-state index is 0.0815. The Morgan fingerprint density at radius 3 is 2.87 bits per heavy atom. The second kappa shape index (κ2) is 6.29. The summed E-state index contributed by atoms with van der Waals surface area (Å²) in [6.07, 6.45) is 0. The van der Waals surface area contributed by atoms with Crippen molar-refractivity contribution < 1.29 is 18.7 Å². The lowest BCUT2D eigenvalue weighted by atomic mass is 10.1. The lowest BCUT2D eigenvalue weighted by molar-refractivity contribution is -0.113. The van der Waals surface area contributed by atoms with Crippen LogP contribution in [0.25, 0.3) is 0 Å². The van der Waals surface area contributed by atoms with Gasteiger partial charge in [-0.15, -0.1) is 11.8 Å². The van der Waals surface area contributed by atoms with E-state index >= 15 is 0 Å². The molecule has 1 heterocycles. The molecule has 3 rings (SSSR count). The minimum atomic E-state index is -0.663. The molecule has 5 nitrogen and oxygen atoms in total. The Morgan fingerprint density at radius 1 is 1.30 bits per heavy atom. The Bertz CT molecular complexity index is 795. The normalized spacial score (nSPS) is 13.0. The van der Waals surface area contributed by atoms with Crippen LogP contribution < -0.4 is 15.4 Å². The first kappa shape index (κ1) is 15.4. The van der Waals surface area contributed by atoms with Crippen molar-refractivity contribution in [2.45, 2.75) is 4.90 Å². The lowest BCUT2D eigenvalue weighted by Crippen LogP contribution is -2.19. The molecule has 0 atom stereocenters. The van der Waals surface area contributed by atoms with Crippen LogP contribution in [0.5, 0.6) is 5.75 Å². The molecule has 2 aromatic rings. The van der Waals surface area contributed by atoms with E-state index in [1.54, 1.807) is 18.2 Å². The van der Waals surface area contributed by atoms with Gasteiger partial charge < -0.3 is 15.4 Å². The van der Waals surface area contributed by atoms with Gasteiger partial charge in [-0.05, 0) is 30.3 Å². The molecule has 1 aliphatic heterocycles. The molecular weight excluding hydrogens is 319 g/mol. The predicted molar refractivity (Wildman–Crippen MR) is 86.7 cm³/mol. The zero-order valence-corrected chi connectivity index (χ0v) is 13.0. The van der Waals surface area contributed by atoms with E-state index < -0.39 is 11.7 Å². The van der Waals surface area contributed by atoms with Gasteiger partial charge in [-0.25, -0.2) is 4.39 Å². The number of benzene rings is 2. The Balaban J connectivity index is 1.80. The van der Waals surface area contributed by atoms with Crippen LogP contribution in [0.1, 0.15) is 10.4 Å². The van der Waals surface area contributed by atoms with E-state index in [1.807, 2.05) is 0 Å². The molecule has 0 bridgehead atoms. The molecule has 0 spiro atoms. The van der Waals surface area contributed by atoms with E-state index in [-0.39, 0.29) is 11.5 Å². The van der Waals surface area contributed by atoms with Crippen molar-refractivity contribution in [3.8, 4) is 5.75 Å². The van der Waals surface area contributed by atoms with Crippen molar-refractivity contribution in [3.05, 3.63) is 47.8 Å². The number of carbonyl (C=O) groups excluding carboxylic acids is 2. The van der Waals surface area contributed by atoms with E-state index in [4.69, 9.17) is 4.74 Å². The van der Waals surface area contributed by atoms with E-state index in [0.717, 1.165) is 11.0 Å². The molecule has 0 fully saturated rings. The fraction of sp³-hybridized carbons (Fsp3) is 0.125. The number of thioether (sulfide) groups is 1. The molecule has 2 aromatic carbocycles. The summed E-state index contributed by atoms with van der Waals surface area (Å²) in [6, 6.07) is 9.20. The van der Waals surface area contributed by atoms with Crippen LogP contribution in [0.15, 0.2) is 41.3 Å². The Morgan fingerprint density at radius 2 is 2.13 bits per heavy atom. The summed E-state index contributed by atoms with van der Waals surface area (Å²) >= 11 is 1.43. The van der Waals surface area contributed by atoms with Gasteiger partial charge in [0.15, 0.2) is 0 Å². The third-order valence-corrected chi connectivity index (χ3v) is 4.36. The number of ether oxygens (including phenoxy) is 1. The number of hydrogen-bond donors (Lipinski definition) is 2. The summed E-state index contributed by atoms with van der Waals surface area (Å²) in [5, 5.41) is 5.36. The van der Waals surface area contributed by atoms with Crippen molar-refractivity contribution in [1.29, 1.82) is 0 Å². The van der Waals surface area contributed by atoms with E-state index in [0.29, 0.717) is 22.9 Å². The predicted octanol–water partition coefficient (Wildman–Crippen LogP) is 3.13. The van der Waals surface area contributed by atoms with Crippen molar-refractivity contribution in [2.75, 3.05) is 23.5 Å². The second-order valence-corrected chi connectivity index (χ2v) is 5.86. The van der Waals surface area contributed by atoms with Gasteiger partial charge in [0.25, 0.3) is 5.91 Å². The topological polar surface area (TPSA) is 67.4 Å². The van der Waals surface area contributed by atoms with Crippen LogP contribution in [-0.2, 0) is 4.79 Å². The maximum Gasteiger partial charge on any atom is 0.258 e. The molecule has 23 heavy (non-hydrogen) atoms. The summed E-state index contributed by atoms with van der Waals surface area (Å²) in [7, 11) is 1.42. The van der Waals surface area contributed by atoms with E-state index in [2.05, 4.69) is 10.6 Å². The molecular formula is C16H13FN2O3S. The van der Waals surface area contributed by atoms with Crippen LogP contribution in [0, 0.1) is 5.82 Å². The third kappa shape index (κ3) is 3.29. The SMILES string of the molecule is COc1ccc(C(=O)Nc2ccc3c(c2)NC(=O)CS3)c(F)c1. The molecule has 1 aliphatic rings. The van der Waals surface area contributed by atoms with Gasteiger partial charge in [-0.2, -0.15) is 0 Å². The first-order valence-electron chi connectivity index (χ1n) is 6.78. The summed E-state index contributed by atoms with van der Waals surface area (Å²) < 4.78 is 18.8. The van der Waals surface area contributed by atoms with Crippen LogP contribution in [-0.4, -0.2) is 24.7 Å². The molecule has 118 valence electrons. The second-order valence-electron chi connectivity index (χ2n) is 4.85. The van der Waals surface area contributed by atoms with Crippen molar-refractivity contribution >= 4 is 35.0 Å².